The van der Waals surface area contributed by atoms with E-state index in [1.807, 2.05) is 37.3 Å². The van der Waals surface area contributed by atoms with Crippen LogP contribution in [0, 0.1) is 6.92 Å². The number of fused-ring (bicyclic) bond motifs is 1. The van der Waals surface area contributed by atoms with Gasteiger partial charge in [-0.05, 0) is 48.7 Å². The summed E-state index contributed by atoms with van der Waals surface area (Å²) >= 11 is 0. The highest BCUT2D eigenvalue weighted by atomic mass is 16.5. The first-order valence-corrected chi connectivity index (χ1v) is 9.01. The Morgan fingerprint density at radius 1 is 1.04 bits per heavy atom. The number of hydrogen-bond donors (Lipinski definition) is 1. The van der Waals surface area contributed by atoms with E-state index in [4.69, 9.17) is 13.9 Å². The Kier molecular flexibility index (Phi) is 5.99. The lowest BCUT2D eigenvalue weighted by atomic mass is 10.0. The lowest BCUT2D eigenvalue weighted by Crippen LogP contribution is -2.27. The normalized spacial score (nSPS) is 10.7. The van der Waals surface area contributed by atoms with Crippen molar-refractivity contribution in [2.24, 2.45) is 0 Å². The van der Waals surface area contributed by atoms with Crippen molar-refractivity contribution >= 4 is 16.9 Å². The summed E-state index contributed by atoms with van der Waals surface area (Å²) in [6.45, 7) is 2.43. The van der Waals surface area contributed by atoms with Crippen molar-refractivity contribution in [3.05, 3.63) is 69.6 Å². The fraction of sp³-hybridized carbons (Fsp3) is 0.273. The summed E-state index contributed by atoms with van der Waals surface area (Å²) < 4.78 is 15.7. The third-order valence-electron chi connectivity index (χ3n) is 4.52. The number of hydrogen-bond acceptors (Lipinski definition) is 5. The average Bonchev–Trinajstić information content (AvgIpc) is 2.68. The van der Waals surface area contributed by atoms with Crippen LogP contribution < -0.4 is 20.4 Å². The maximum atomic E-state index is 12.4. The Hall–Kier alpha value is -3.28. The summed E-state index contributed by atoms with van der Waals surface area (Å²) in [5.74, 6) is 1.18. The van der Waals surface area contributed by atoms with Crippen molar-refractivity contribution in [2.45, 2.75) is 19.8 Å². The molecule has 0 aliphatic rings. The van der Waals surface area contributed by atoms with Gasteiger partial charge < -0.3 is 19.2 Å². The summed E-state index contributed by atoms with van der Waals surface area (Å²) in [5.41, 5.74) is 2.77. The highest BCUT2D eigenvalue weighted by molar-refractivity contribution is 5.87. The van der Waals surface area contributed by atoms with Crippen LogP contribution in [0.2, 0.25) is 0 Å². The number of methoxy groups -OCH3 is 2. The van der Waals surface area contributed by atoms with Crippen LogP contribution in [0.5, 0.6) is 11.5 Å². The molecule has 2 aromatic carbocycles. The average molecular weight is 381 g/mol. The third kappa shape index (κ3) is 4.52. The van der Waals surface area contributed by atoms with E-state index in [1.165, 1.54) is 6.07 Å². The van der Waals surface area contributed by atoms with E-state index in [2.05, 4.69) is 5.32 Å². The molecular weight excluding hydrogens is 358 g/mol. The van der Waals surface area contributed by atoms with Gasteiger partial charge in [0.1, 0.15) is 5.58 Å². The van der Waals surface area contributed by atoms with Crippen molar-refractivity contribution in [3.8, 4) is 11.5 Å². The molecule has 0 aliphatic heterocycles. The highest BCUT2D eigenvalue weighted by Crippen LogP contribution is 2.27. The van der Waals surface area contributed by atoms with Crippen molar-refractivity contribution in [1.29, 1.82) is 0 Å². The first-order chi connectivity index (χ1) is 13.5. The Balaban J connectivity index is 1.65. The standard InChI is InChI=1S/C22H23NO5/c1-14-4-6-18-17(10-14)16(13-22(25)28-18)12-21(24)23-9-8-15-5-7-19(26-2)20(11-15)27-3/h4-7,10-11,13H,8-9,12H2,1-3H3,(H,23,24). The summed E-state index contributed by atoms with van der Waals surface area (Å²) in [6, 6.07) is 12.6. The van der Waals surface area contributed by atoms with Crippen molar-refractivity contribution in [1.82, 2.24) is 5.32 Å². The molecule has 0 atom stereocenters. The molecule has 1 N–H and O–H groups in total. The molecule has 0 fully saturated rings. The summed E-state index contributed by atoms with van der Waals surface area (Å²) in [5, 5.41) is 3.69. The molecule has 3 rings (SSSR count). The number of ether oxygens (including phenoxy) is 2. The molecule has 0 spiro atoms. The second kappa shape index (κ2) is 8.61. The van der Waals surface area contributed by atoms with Gasteiger partial charge >= 0.3 is 5.63 Å². The van der Waals surface area contributed by atoms with Gasteiger partial charge in [0.25, 0.3) is 0 Å². The zero-order valence-electron chi connectivity index (χ0n) is 16.2. The molecule has 1 aromatic heterocycles. The van der Waals surface area contributed by atoms with Crippen molar-refractivity contribution in [2.75, 3.05) is 20.8 Å². The van der Waals surface area contributed by atoms with Gasteiger partial charge in [0.05, 0.1) is 20.6 Å². The van der Waals surface area contributed by atoms with Crippen LogP contribution in [-0.2, 0) is 17.6 Å². The van der Waals surface area contributed by atoms with E-state index >= 15 is 0 Å². The number of rotatable bonds is 7. The van der Waals surface area contributed by atoms with Gasteiger partial charge in [-0.1, -0.05) is 17.7 Å². The number of carbonyl (C=O) groups excluding carboxylic acids is 1. The maximum Gasteiger partial charge on any atom is 0.336 e. The fourth-order valence-electron chi connectivity index (χ4n) is 3.11. The van der Waals surface area contributed by atoms with E-state index in [-0.39, 0.29) is 12.3 Å². The molecule has 6 heteroatoms. The van der Waals surface area contributed by atoms with Crippen LogP contribution in [0.25, 0.3) is 11.0 Å². The van der Waals surface area contributed by atoms with E-state index in [0.717, 1.165) is 16.5 Å². The Bertz CT molecular complexity index is 1050. The molecule has 3 aromatic rings. The predicted molar refractivity (Wildman–Crippen MR) is 107 cm³/mol. The maximum absolute atomic E-state index is 12.4. The number of benzene rings is 2. The van der Waals surface area contributed by atoms with Crippen molar-refractivity contribution in [3.63, 3.8) is 0 Å². The zero-order chi connectivity index (χ0) is 20.1. The molecule has 0 saturated carbocycles. The monoisotopic (exact) mass is 381 g/mol. The molecular formula is C22H23NO5. The zero-order valence-corrected chi connectivity index (χ0v) is 16.2. The molecule has 0 saturated heterocycles. The minimum absolute atomic E-state index is 0.123. The molecule has 6 nitrogen and oxygen atoms in total. The van der Waals surface area contributed by atoms with Crippen LogP contribution in [0.4, 0.5) is 0 Å². The molecule has 0 radical (unpaired) electrons. The molecule has 1 heterocycles. The Morgan fingerprint density at radius 2 is 1.82 bits per heavy atom. The minimum Gasteiger partial charge on any atom is -0.493 e. The molecule has 0 bridgehead atoms. The SMILES string of the molecule is COc1ccc(CCNC(=O)Cc2cc(=O)oc3ccc(C)cc23)cc1OC. The summed E-state index contributed by atoms with van der Waals surface area (Å²) in [6.07, 6.45) is 0.778. The number of aryl methyl sites for hydroxylation is 1. The second-order valence-corrected chi connectivity index (χ2v) is 6.56. The van der Waals surface area contributed by atoms with Gasteiger partial charge in [-0.25, -0.2) is 4.79 Å². The van der Waals surface area contributed by atoms with Gasteiger partial charge in [0, 0.05) is 18.0 Å². The quantitative estimate of drug-likeness (QED) is 0.637. The van der Waals surface area contributed by atoms with E-state index in [0.29, 0.717) is 35.6 Å². The lowest BCUT2D eigenvalue weighted by Gasteiger charge is -2.10. The minimum atomic E-state index is -0.454. The van der Waals surface area contributed by atoms with Crippen molar-refractivity contribution < 1.29 is 18.7 Å². The first kappa shape index (κ1) is 19.5. The van der Waals surface area contributed by atoms with E-state index < -0.39 is 5.63 Å². The topological polar surface area (TPSA) is 77.8 Å². The van der Waals surface area contributed by atoms with Crippen LogP contribution in [0.3, 0.4) is 0 Å². The van der Waals surface area contributed by atoms with E-state index in [1.54, 1.807) is 20.3 Å². The van der Waals surface area contributed by atoms with Crippen LogP contribution >= 0.6 is 0 Å². The first-order valence-electron chi connectivity index (χ1n) is 9.01. The molecule has 28 heavy (non-hydrogen) atoms. The molecule has 0 aliphatic carbocycles. The fourth-order valence-corrected chi connectivity index (χ4v) is 3.11. The van der Waals surface area contributed by atoms with Gasteiger partial charge in [0.2, 0.25) is 5.91 Å². The third-order valence-corrected chi connectivity index (χ3v) is 4.52. The van der Waals surface area contributed by atoms with Gasteiger partial charge in [0.15, 0.2) is 11.5 Å². The van der Waals surface area contributed by atoms with Crippen LogP contribution in [0.1, 0.15) is 16.7 Å². The van der Waals surface area contributed by atoms with Crippen LogP contribution in [0.15, 0.2) is 51.7 Å². The smallest absolute Gasteiger partial charge is 0.336 e. The molecule has 1 amide bonds. The van der Waals surface area contributed by atoms with E-state index in [9.17, 15) is 9.59 Å². The Morgan fingerprint density at radius 3 is 2.57 bits per heavy atom. The second-order valence-electron chi connectivity index (χ2n) is 6.56. The molecule has 146 valence electrons. The summed E-state index contributed by atoms with van der Waals surface area (Å²) in [7, 11) is 3.18. The van der Waals surface area contributed by atoms with Crippen LogP contribution in [-0.4, -0.2) is 26.7 Å². The van der Waals surface area contributed by atoms with Gasteiger partial charge in [-0.3, -0.25) is 4.79 Å². The predicted octanol–water partition coefficient (Wildman–Crippen LogP) is 3.02. The lowest BCUT2D eigenvalue weighted by molar-refractivity contribution is -0.120. The largest absolute Gasteiger partial charge is 0.493 e. The highest BCUT2D eigenvalue weighted by Gasteiger charge is 2.11. The number of nitrogens with one attached hydrogen (secondary N) is 1. The van der Waals surface area contributed by atoms with Gasteiger partial charge in [-0.2, -0.15) is 0 Å². The Labute approximate surface area is 163 Å². The van der Waals surface area contributed by atoms with Gasteiger partial charge in [-0.15, -0.1) is 0 Å². The number of carbonyl (C=O) groups is 1. The molecule has 0 unspecified atom stereocenters. The number of amides is 1. The summed E-state index contributed by atoms with van der Waals surface area (Å²) in [4.78, 5) is 24.1.